The standard InChI is InChI=1S/C10H19ClS/c1-3-10(2,12-11)9-7-5-4-6-8-9/h9H,3-8H2,1-2H3. The van der Waals surface area contributed by atoms with Crippen LogP contribution >= 0.6 is 21.7 Å². The zero-order valence-electron chi connectivity index (χ0n) is 8.11. The van der Waals surface area contributed by atoms with Gasteiger partial charge in [0.25, 0.3) is 0 Å². The smallest absolute Gasteiger partial charge is 0.0309 e. The minimum atomic E-state index is 0.335. The van der Waals surface area contributed by atoms with E-state index in [4.69, 9.17) is 10.7 Å². The molecule has 72 valence electrons. The van der Waals surface area contributed by atoms with Crippen molar-refractivity contribution in [1.82, 2.24) is 0 Å². The molecule has 1 fully saturated rings. The maximum absolute atomic E-state index is 5.96. The highest BCUT2D eigenvalue weighted by Crippen LogP contribution is 2.44. The highest BCUT2D eigenvalue weighted by atomic mass is 35.7. The second kappa shape index (κ2) is 4.76. The Labute approximate surface area is 84.9 Å². The van der Waals surface area contributed by atoms with E-state index in [0.717, 1.165) is 5.92 Å². The van der Waals surface area contributed by atoms with E-state index >= 15 is 0 Å². The molecule has 1 unspecified atom stereocenters. The third-order valence-corrected chi connectivity index (χ3v) is 5.38. The molecule has 0 N–H and O–H groups in total. The fraction of sp³-hybridized carbons (Fsp3) is 1.00. The molecule has 0 amide bonds. The van der Waals surface area contributed by atoms with Crippen molar-refractivity contribution in [3.05, 3.63) is 0 Å². The van der Waals surface area contributed by atoms with Crippen LogP contribution in [0, 0.1) is 5.92 Å². The Kier molecular flexibility index (Phi) is 4.25. The van der Waals surface area contributed by atoms with Gasteiger partial charge in [0.1, 0.15) is 0 Å². The van der Waals surface area contributed by atoms with Crippen LogP contribution in [0.25, 0.3) is 0 Å². The van der Waals surface area contributed by atoms with Gasteiger partial charge in [0.05, 0.1) is 0 Å². The van der Waals surface area contributed by atoms with Crippen LogP contribution in [-0.4, -0.2) is 4.75 Å². The van der Waals surface area contributed by atoms with Crippen molar-refractivity contribution in [3.63, 3.8) is 0 Å². The molecule has 0 saturated heterocycles. The van der Waals surface area contributed by atoms with Gasteiger partial charge < -0.3 is 0 Å². The van der Waals surface area contributed by atoms with Crippen LogP contribution in [-0.2, 0) is 0 Å². The second-order valence-corrected chi connectivity index (χ2v) is 5.63. The molecule has 12 heavy (non-hydrogen) atoms. The van der Waals surface area contributed by atoms with Crippen LogP contribution in [0.1, 0.15) is 52.4 Å². The van der Waals surface area contributed by atoms with E-state index in [-0.39, 0.29) is 0 Å². The molecule has 1 rings (SSSR count). The largest absolute Gasteiger partial charge is 0.0640 e. The first-order valence-corrected chi connectivity index (χ1v) is 6.67. The third kappa shape index (κ3) is 2.32. The Morgan fingerprint density at radius 3 is 2.33 bits per heavy atom. The van der Waals surface area contributed by atoms with Crippen LogP contribution in [0.15, 0.2) is 0 Å². The minimum Gasteiger partial charge on any atom is -0.0640 e. The molecule has 0 aromatic rings. The summed E-state index contributed by atoms with van der Waals surface area (Å²) in [4.78, 5) is 0. The lowest BCUT2D eigenvalue weighted by molar-refractivity contribution is 0.286. The van der Waals surface area contributed by atoms with Gasteiger partial charge in [-0.05, 0) is 53.8 Å². The second-order valence-electron chi connectivity index (χ2n) is 4.08. The van der Waals surface area contributed by atoms with E-state index in [0.29, 0.717) is 4.75 Å². The van der Waals surface area contributed by atoms with Gasteiger partial charge in [-0.1, -0.05) is 26.2 Å². The van der Waals surface area contributed by atoms with Gasteiger partial charge in [0.15, 0.2) is 0 Å². The molecule has 0 aliphatic heterocycles. The lowest BCUT2D eigenvalue weighted by atomic mass is 9.79. The number of hydrogen-bond acceptors (Lipinski definition) is 1. The maximum Gasteiger partial charge on any atom is 0.0309 e. The average molecular weight is 207 g/mol. The summed E-state index contributed by atoms with van der Waals surface area (Å²) in [6, 6.07) is 0. The van der Waals surface area contributed by atoms with Gasteiger partial charge in [0.2, 0.25) is 0 Å². The number of rotatable bonds is 3. The first-order valence-electron chi connectivity index (χ1n) is 5.02. The highest BCUT2D eigenvalue weighted by Gasteiger charge is 2.33. The first kappa shape index (κ1) is 10.7. The van der Waals surface area contributed by atoms with Crippen molar-refractivity contribution in [2.75, 3.05) is 0 Å². The first-order chi connectivity index (χ1) is 5.73. The SMILES string of the molecule is CCC(C)(SCl)C1CCCCC1. The summed E-state index contributed by atoms with van der Waals surface area (Å²) >= 11 is 0. The summed E-state index contributed by atoms with van der Waals surface area (Å²) < 4.78 is 0.335. The molecule has 1 atom stereocenters. The summed E-state index contributed by atoms with van der Waals surface area (Å²) in [6.45, 7) is 4.57. The quantitative estimate of drug-likeness (QED) is 0.649. The Hall–Kier alpha value is 0.640. The fourth-order valence-corrected chi connectivity index (χ4v) is 3.30. The molecule has 0 nitrogen and oxygen atoms in total. The predicted molar refractivity (Wildman–Crippen MR) is 58.7 cm³/mol. The van der Waals surface area contributed by atoms with Crippen LogP contribution in [0.4, 0.5) is 0 Å². The fourth-order valence-electron chi connectivity index (χ4n) is 2.12. The molecular weight excluding hydrogens is 188 g/mol. The minimum absolute atomic E-state index is 0.335. The molecule has 0 spiro atoms. The van der Waals surface area contributed by atoms with Gasteiger partial charge in [-0.15, -0.1) is 0 Å². The average Bonchev–Trinajstić information content (AvgIpc) is 2.18. The van der Waals surface area contributed by atoms with E-state index in [1.807, 2.05) is 0 Å². The lowest BCUT2D eigenvalue weighted by Gasteiger charge is -2.36. The Morgan fingerprint density at radius 1 is 1.33 bits per heavy atom. The number of halogens is 1. The predicted octanol–water partition coefficient (Wildman–Crippen LogP) is 4.62. The van der Waals surface area contributed by atoms with Gasteiger partial charge >= 0.3 is 0 Å². The molecule has 2 heteroatoms. The van der Waals surface area contributed by atoms with Crippen LogP contribution < -0.4 is 0 Å². The topological polar surface area (TPSA) is 0 Å². The Bertz CT molecular complexity index is 126. The maximum atomic E-state index is 5.96. The summed E-state index contributed by atoms with van der Waals surface area (Å²) in [5, 5.41) is 0. The molecule has 0 heterocycles. The van der Waals surface area contributed by atoms with E-state index in [2.05, 4.69) is 13.8 Å². The van der Waals surface area contributed by atoms with Gasteiger partial charge in [-0.25, -0.2) is 0 Å². The van der Waals surface area contributed by atoms with Crippen LogP contribution in [0.3, 0.4) is 0 Å². The van der Waals surface area contributed by atoms with Crippen molar-refractivity contribution in [2.24, 2.45) is 5.92 Å². The molecule has 0 aromatic carbocycles. The van der Waals surface area contributed by atoms with Crippen molar-refractivity contribution < 1.29 is 0 Å². The molecule has 0 aromatic heterocycles. The lowest BCUT2D eigenvalue weighted by Crippen LogP contribution is -2.30. The molecule has 1 aliphatic carbocycles. The zero-order valence-corrected chi connectivity index (χ0v) is 9.68. The summed E-state index contributed by atoms with van der Waals surface area (Å²) in [5.41, 5.74) is 0. The van der Waals surface area contributed by atoms with Crippen molar-refractivity contribution in [2.45, 2.75) is 57.1 Å². The van der Waals surface area contributed by atoms with E-state index in [1.54, 1.807) is 11.0 Å². The summed E-state index contributed by atoms with van der Waals surface area (Å²) in [7, 11) is 7.51. The van der Waals surface area contributed by atoms with Crippen LogP contribution in [0.5, 0.6) is 0 Å². The normalized spacial score (nSPS) is 25.2. The molecule has 0 radical (unpaired) electrons. The van der Waals surface area contributed by atoms with E-state index < -0.39 is 0 Å². The van der Waals surface area contributed by atoms with Crippen molar-refractivity contribution in [3.8, 4) is 0 Å². The molecule has 1 aliphatic rings. The molecule has 0 bridgehead atoms. The van der Waals surface area contributed by atoms with Crippen LogP contribution in [0.2, 0.25) is 0 Å². The van der Waals surface area contributed by atoms with E-state index in [1.165, 1.54) is 38.5 Å². The van der Waals surface area contributed by atoms with Gasteiger partial charge in [0, 0.05) is 4.75 Å². The summed E-state index contributed by atoms with van der Waals surface area (Å²) in [5.74, 6) is 0.860. The molecular formula is C10H19ClS. The van der Waals surface area contributed by atoms with Crippen molar-refractivity contribution in [1.29, 1.82) is 0 Å². The summed E-state index contributed by atoms with van der Waals surface area (Å²) in [6.07, 6.45) is 8.25. The monoisotopic (exact) mass is 206 g/mol. The Balaban J connectivity index is 2.51. The van der Waals surface area contributed by atoms with Gasteiger partial charge in [-0.2, -0.15) is 0 Å². The Morgan fingerprint density at radius 2 is 1.92 bits per heavy atom. The van der Waals surface area contributed by atoms with E-state index in [9.17, 15) is 0 Å². The van der Waals surface area contributed by atoms with Crippen molar-refractivity contribution >= 4 is 21.7 Å². The third-order valence-electron chi connectivity index (χ3n) is 3.35. The number of hydrogen-bond donors (Lipinski definition) is 0. The zero-order chi connectivity index (χ0) is 9.03. The van der Waals surface area contributed by atoms with Gasteiger partial charge in [-0.3, -0.25) is 0 Å². The molecule has 1 saturated carbocycles. The highest BCUT2D eigenvalue weighted by molar-refractivity contribution is 8.22.